The van der Waals surface area contributed by atoms with E-state index >= 15 is 0 Å². The Morgan fingerprint density at radius 2 is 1.69 bits per heavy atom. The van der Waals surface area contributed by atoms with Crippen molar-refractivity contribution < 1.29 is 35.4 Å². The lowest BCUT2D eigenvalue weighted by Crippen LogP contribution is -2.63. The molecule has 7 heteroatoms. The molecule has 0 aromatic rings. The van der Waals surface area contributed by atoms with Gasteiger partial charge in [0.1, 0.15) is 0 Å². The van der Waals surface area contributed by atoms with Gasteiger partial charge in [0.25, 0.3) is 0 Å². The highest BCUT2D eigenvalue weighted by Gasteiger charge is 2.69. The van der Waals surface area contributed by atoms with Crippen LogP contribution in [0.3, 0.4) is 0 Å². The van der Waals surface area contributed by atoms with Crippen LogP contribution in [0, 0.1) is 34.5 Å². The summed E-state index contributed by atoms with van der Waals surface area (Å²) in [4.78, 5) is 13.3. The van der Waals surface area contributed by atoms with Crippen LogP contribution in [0.25, 0.3) is 0 Å². The molecule has 11 atom stereocenters. The second-order valence-corrected chi connectivity index (χ2v) is 13.6. The Balaban J connectivity index is 1.67. The van der Waals surface area contributed by atoms with E-state index in [2.05, 4.69) is 0 Å². The first-order valence-corrected chi connectivity index (χ1v) is 13.4. The Bertz CT molecular complexity index is 890. The number of ketones is 1. The molecule has 0 heterocycles. The Labute approximate surface area is 209 Å². The van der Waals surface area contributed by atoms with Crippen LogP contribution in [-0.2, 0) is 4.79 Å². The fraction of sp³-hybridized carbons (Fsp3) is 0.893. The minimum atomic E-state index is -1.48. The van der Waals surface area contributed by atoms with E-state index in [4.69, 9.17) is 0 Å². The first kappa shape index (κ1) is 27.2. The van der Waals surface area contributed by atoms with Gasteiger partial charge in [0.15, 0.2) is 5.78 Å². The topological polar surface area (TPSA) is 138 Å². The monoisotopic (exact) mass is 494 g/mol. The average Bonchev–Trinajstić information content (AvgIpc) is 3.01. The van der Waals surface area contributed by atoms with Crippen molar-refractivity contribution in [1.29, 1.82) is 0 Å². The van der Waals surface area contributed by atoms with Crippen molar-refractivity contribution in [2.24, 2.45) is 34.5 Å². The highest BCUT2D eigenvalue weighted by atomic mass is 16.3. The van der Waals surface area contributed by atoms with Crippen molar-refractivity contribution in [3.63, 3.8) is 0 Å². The zero-order valence-electron chi connectivity index (χ0n) is 22.2. The Kier molecular flexibility index (Phi) is 6.48. The predicted octanol–water partition coefficient (Wildman–Crippen LogP) is 2.10. The SMILES string of the molecule is C[C@@H](C[C@@H](O)[C@@](C)(O)[C@H]1CC[C@@]2(O)C3=CC(=O)[C@@H]4C[C@@H](O)[C@@H](O)C[C@]4(C)C3CC[C@]12C)C(C)(C)O. The molecule has 35 heavy (non-hydrogen) atoms. The summed E-state index contributed by atoms with van der Waals surface area (Å²) in [6.07, 6.45) is 1.71. The lowest BCUT2D eigenvalue weighted by atomic mass is 9.45. The predicted molar refractivity (Wildman–Crippen MR) is 131 cm³/mol. The molecule has 4 aliphatic carbocycles. The van der Waals surface area contributed by atoms with Gasteiger partial charge in [0, 0.05) is 11.3 Å². The van der Waals surface area contributed by atoms with Gasteiger partial charge in [-0.25, -0.2) is 0 Å². The largest absolute Gasteiger partial charge is 0.390 e. The average molecular weight is 495 g/mol. The second-order valence-electron chi connectivity index (χ2n) is 13.6. The zero-order chi connectivity index (χ0) is 26.4. The maximum atomic E-state index is 13.3. The van der Waals surface area contributed by atoms with Gasteiger partial charge in [-0.1, -0.05) is 20.8 Å². The minimum absolute atomic E-state index is 0.0887. The minimum Gasteiger partial charge on any atom is -0.390 e. The Morgan fingerprint density at radius 3 is 2.29 bits per heavy atom. The molecule has 0 saturated heterocycles. The third-order valence-corrected chi connectivity index (χ3v) is 11.3. The third-order valence-electron chi connectivity index (χ3n) is 11.3. The molecular formula is C28H46O7. The molecule has 0 bridgehead atoms. The Morgan fingerprint density at radius 1 is 1.06 bits per heavy atom. The molecule has 3 fully saturated rings. The number of aliphatic hydroxyl groups excluding tert-OH is 3. The van der Waals surface area contributed by atoms with E-state index in [1.807, 2.05) is 20.8 Å². The molecular weight excluding hydrogens is 448 g/mol. The number of allylic oxidation sites excluding steroid dienone is 1. The second kappa shape index (κ2) is 8.34. The molecule has 6 N–H and O–H groups in total. The van der Waals surface area contributed by atoms with Crippen molar-refractivity contribution in [3.05, 3.63) is 11.6 Å². The molecule has 4 aliphatic rings. The summed E-state index contributed by atoms with van der Waals surface area (Å²) in [5, 5.41) is 66.1. The van der Waals surface area contributed by atoms with Crippen LogP contribution < -0.4 is 0 Å². The van der Waals surface area contributed by atoms with Crippen LogP contribution in [-0.4, -0.2) is 71.5 Å². The van der Waals surface area contributed by atoms with Crippen molar-refractivity contribution in [3.8, 4) is 0 Å². The highest BCUT2D eigenvalue weighted by molar-refractivity contribution is 5.95. The highest BCUT2D eigenvalue weighted by Crippen LogP contribution is 2.68. The number of carbonyl (C=O) groups excluding carboxylic acids is 1. The van der Waals surface area contributed by atoms with E-state index in [1.54, 1.807) is 26.8 Å². The summed E-state index contributed by atoms with van der Waals surface area (Å²) in [7, 11) is 0. The van der Waals surface area contributed by atoms with Crippen molar-refractivity contribution in [2.75, 3.05) is 0 Å². The van der Waals surface area contributed by atoms with Crippen LogP contribution in [0.4, 0.5) is 0 Å². The summed E-state index contributed by atoms with van der Waals surface area (Å²) in [5.74, 6) is -1.21. The van der Waals surface area contributed by atoms with E-state index in [0.29, 0.717) is 37.7 Å². The van der Waals surface area contributed by atoms with Crippen LogP contribution in [0.1, 0.15) is 86.5 Å². The lowest BCUT2D eigenvalue weighted by Gasteiger charge is -2.60. The molecule has 200 valence electrons. The van der Waals surface area contributed by atoms with Crippen LogP contribution >= 0.6 is 0 Å². The first-order chi connectivity index (χ1) is 15.9. The summed E-state index contributed by atoms with van der Waals surface area (Å²) < 4.78 is 0. The summed E-state index contributed by atoms with van der Waals surface area (Å²) in [6.45, 7) is 10.9. The van der Waals surface area contributed by atoms with Crippen LogP contribution in [0.2, 0.25) is 0 Å². The fourth-order valence-electron chi connectivity index (χ4n) is 8.40. The van der Waals surface area contributed by atoms with Gasteiger partial charge in [-0.3, -0.25) is 4.79 Å². The number of hydrogen-bond donors (Lipinski definition) is 6. The van der Waals surface area contributed by atoms with E-state index in [1.165, 1.54) is 0 Å². The van der Waals surface area contributed by atoms with Crippen LogP contribution in [0.5, 0.6) is 0 Å². The maximum absolute atomic E-state index is 13.3. The molecule has 0 amide bonds. The van der Waals surface area contributed by atoms with E-state index in [-0.39, 0.29) is 36.4 Å². The Hall–Kier alpha value is -0.830. The van der Waals surface area contributed by atoms with Crippen molar-refractivity contribution in [1.82, 2.24) is 0 Å². The van der Waals surface area contributed by atoms with Crippen molar-refractivity contribution in [2.45, 2.75) is 122 Å². The first-order valence-electron chi connectivity index (χ1n) is 13.4. The number of fused-ring (bicyclic) bond motifs is 5. The van der Waals surface area contributed by atoms with E-state index in [0.717, 1.165) is 0 Å². The molecule has 0 aliphatic heterocycles. The lowest BCUT2D eigenvalue weighted by molar-refractivity contribution is -0.179. The van der Waals surface area contributed by atoms with Gasteiger partial charge in [0.05, 0.1) is 35.1 Å². The molecule has 1 unspecified atom stereocenters. The summed E-state index contributed by atoms with van der Waals surface area (Å²) in [5.41, 5.74) is -4.35. The standard InChI is InChI=1S/C28H46O7/c1-15(24(2,3)33)11-23(32)27(6,34)22-8-10-28(35)17-12-19(29)18-13-20(30)21(31)14-25(18,4)16(17)7-9-26(22,28)5/h12,15-16,18,20-23,30-35H,7-11,13-14H2,1-6H3/t15-,16?,18-,20+,21-,22-,23+,25+,26+,27-,28+/m0/s1. The number of rotatable bonds is 5. The van der Waals surface area contributed by atoms with Gasteiger partial charge in [-0.15, -0.1) is 0 Å². The van der Waals surface area contributed by atoms with Gasteiger partial charge >= 0.3 is 0 Å². The third kappa shape index (κ3) is 3.88. The molecule has 0 aromatic carbocycles. The number of carbonyl (C=O) groups is 1. The number of hydrogen-bond acceptors (Lipinski definition) is 7. The zero-order valence-corrected chi connectivity index (χ0v) is 22.2. The quantitative estimate of drug-likeness (QED) is 0.344. The van der Waals surface area contributed by atoms with E-state index < -0.39 is 51.9 Å². The smallest absolute Gasteiger partial charge is 0.159 e. The normalized spacial score (nSPS) is 47.1. The van der Waals surface area contributed by atoms with Crippen molar-refractivity contribution >= 4 is 5.78 Å². The molecule has 4 rings (SSSR count). The maximum Gasteiger partial charge on any atom is 0.159 e. The summed E-state index contributed by atoms with van der Waals surface area (Å²) in [6, 6.07) is 0. The molecule has 7 nitrogen and oxygen atoms in total. The van der Waals surface area contributed by atoms with E-state index in [9.17, 15) is 35.4 Å². The number of aliphatic hydroxyl groups is 6. The summed E-state index contributed by atoms with van der Waals surface area (Å²) >= 11 is 0. The fourth-order valence-corrected chi connectivity index (χ4v) is 8.40. The van der Waals surface area contributed by atoms with Crippen LogP contribution in [0.15, 0.2) is 11.6 Å². The molecule has 0 aromatic heterocycles. The van der Waals surface area contributed by atoms with Gasteiger partial charge in [-0.05, 0) is 101 Å². The molecule has 0 radical (unpaired) electrons. The molecule has 0 spiro atoms. The van der Waals surface area contributed by atoms with Gasteiger partial charge in [-0.2, -0.15) is 0 Å². The van der Waals surface area contributed by atoms with Gasteiger partial charge < -0.3 is 30.6 Å². The molecule has 3 saturated carbocycles. The van der Waals surface area contributed by atoms with Gasteiger partial charge in [0.2, 0.25) is 0 Å².